The van der Waals surface area contributed by atoms with Crippen molar-refractivity contribution in [3.05, 3.63) is 53.3 Å². The van der Waals surface area contributed by atoms with Crippen LogP contribution < -0.4 is 0 Å². The van der Waals surface area contributed by atoms with Gasteiger partial charge in [-0.25, -0.2) is 9.18 Å². The predicted octanol–water partition coefficient (Wildman–Crippen LogP) is 4.87. The zero-order valence-corrected chi connectivity index (χ0v) is 17.5. The fourth-order valence-electron chi connectivity index (χ4n) is 2.61. The first-order valence-electron chi connectivity index (χ1n) is 8.18. The molecule has 0 saturated carbocycles. The number of hydrogen-bond donors (Lipinski definition) is 1. The molecule has 1 N–H and O–H groups in total. The largest absolute Gasteiger partial charge is 0.465 e. The number of thioether (sulfide) groups is 1. The van der Waals surface area contributed by atoms with Crippen molar-refractivity contribution in [3.63, 3.8) is 0 Å². The summed E-state index contributed by atoms with van der Waals surface area (Å²) in [5.41, 5.74) is 0.839. The van der Waals surface area contributed by atoms with Crippen LogP contribution in [-0.2, 0) is 15.5 Å². The van der Waals surface area contributed by atoms with E-state index in [0.29, 0.717) is 10.5 Å². The third kappa shape index (κ3) is 4.30. The molecule has 0 aliphatic carbocycles. The zero-order valence-electron chi connectivity index (χ0n) is 15.9. The van der Waals surface area contributed by atoms with Crippen LogP contribution in [-0.4, -0.2) is 33.3 Å². The Balaban J connectivity index is 2.84. The van der Waals surface area contributed by atoms with Gasteiger partial charge in [0.15, 0.2) is 0 Å². The van der Waals surface area contributed by atoms with Crippen LogP contribution in [0.15, 0.2) is 41.3 Å². The van der Waals surface area contributed by atoms with E-state index in [1.165, 1.54) is 31.0 Å². The highest BCUT2D eigenvalue weighted by atomic mass is 32.2. The Morgan fingerprint density at radius 1 is 1.11 bits per heavy atom. The number of ether oxygens (including phenoxy) is 1. The Hall–Kier alpha value is -1.99. The second-order valence-electron chi connectivity index (χ2n) is 6.75. The van der Waals surface area contributed by atoms with E-state index in [4.69, 9.17) is 10.1 Å². The van der Waals surface area contributed by atoms with E-state index in [1.807, 2.05) is 6.26 Å². The van der Waals surface area contributed by atoms with Crippen molar-refractivity contribution in [1.29, 1.82) is 5.41 Å². The van der Waals surface area contributed by atoms with Crippen LogP contribution in [0.25, 0.3) is 11.1 Å². The van der Waals surface area contributed by atoms with Crippen LogP contribution in [0.1, 0.15) is 36.7 Å². The van der Waals surface area contributed by atoms with Crippen molar-refractivity contribution in [2.75, 3.05) is 13.4 Å². The molecule has 1 atom stereocenters. The van der Waals surface area contributed by atoms with E-state index < -0.39 is 27.3 Å². The SMILES string of the molecule is COC(=O)c1cccc(SC)c1-c1c(F)cccc1C(=N)S(=O)C(C)(C)C. The monoisotopic (exact) mass is 407 g/mol. The van der Waals surface area contributed by atoms with Crippen LogP contribution in [0.4, 0.5) is 4.39 Å². The molecule has 2 aromatic rings. The maximum atomic E-state index is 15.0. The maximum Gasteiger partial charge on any atom is 0.338 e. The second-order valence-corrected chi connectivity index (χ2v) is 9.77. The molecule has 0 radical (unpaired) electrons. The van der Waals surface area contributed by atoms with Gasteiger partial charge in [-0.05, 0) is 45.2 Å². The summed E-state index contributed by atoms with van der Waals surface area (Å²) in [6.45, 7) is 5.27. The van der Waals surface area contributed by atoms with Gasteiger partial charge < -0.3 is 4.74 Å². The first-order chi connectivity index (χ1) is 12.6. The lowest BCUT2D eigenvalue weighted by atomic mass is 9.95. The van der Waals surface area contributed by atoms with Gasteiger partial charge in [0.2, 0.25) is 0 Å². The van der Waals surface area contributed by atoms with Crippen LogP contribution in [0.3, 0.4) is 0 Å². The Kier molecular flexibility index (Phi) is 6.59. The van der Waals surface area contributed by atoms with Gasteiger partial charge in [-0.3, -0.25) is 9.62 Å². The number of rotatable bonds is 4. The molecule has 1 unspecified atom stereocenters. The van der Waals surface area contributed by atoms with Gasteiger partial charge in [-0.2, -0.15) is 0 Å². The van der Waals surface area contributed by atoms with E-state index in [0.717, 1.165) is 0 Å². The molecular formula is C20H22FNO3S2. The Morgan fingerprint density at radius 2 is 1.70 bits per heavy atom. The summed E-state index contributed by atoms with van der Waals surface area (Å²) in [5, 5.41) is 8.26. The highest BCUT2D eigenvalue weighted by Crippen LogP contribution is 2.38. The topological polar surface area (TPSA) is 67.2 Å². The van der Waals surface area contributed by atoms with Gasteiger partial charge in [0.1, 0.15) is 10.9 Å². The summed E-state index contributed by atoms with van der Waals surface area (Å²) < 4.78 is 31.9. The van der Waals surface area contributed by atoms with Crippen LogP contribution in [0.5, 0.6) is 0 Å². The average Bonchev–Trinajstić information content (AvgIpc) is 2.64. The summed E-state index contributed by atoms with van der Waals surface area (Å²) in [7, 11) is -0.399. The van der Waals surface area contributed by atoms with E-state index in [9.17, 15) is 13.4 Å². The van der Waals surface area contributed by atoms with Gasteiger partial charge in [0, 0.05) is 26.3 Å². The smallest absolute Gasteiger partial charge is 0.338 e. The molecule has 2 aromatic carbocycles. The molecule has 0 aliphatic rings. The molecule has 0 saturated heterocycles. The van der Waals surface area contributed by atoms with Crippen molar-refractivity contribution in [1.82, 2.24) is 0 Å². The number of nitrogens with one attached hydrogen (secondary N) is 1. The summed E-state index contributed by atoms with van der Waals surface area (Å²) in [6.07, 6.45) is 1.82. The molecule has 0 bridgehead atoms. The molecule has 2 rings (SSSR count). The second kappa shape index (κ2) is 8.35. The highest BCUT2D eigenvalue weighted by molar-refractivity contribution is 8.02. The molecule has 144 valence electrons. The quantitative estimate of drug-likeness (QED) is 0.340. The molecule has 27 heavy (non-hydrogen) atoms. The summed E-state index contributed by atoms with van der Waals surface area (Å²) in [4.78, 5) is 13.0. The van der Waals surface area contributed by atoms with Crippen LogP contribution >= 0.6 is 11.8 Å². The van der Waals surface area contributed by atoms with E-state index in [2.05, 4.69) is 0 Å². The minimum Gasteiger partial charge on any atom is -0.465 e. The van der Waals surface area contributed by atoms with Crippen molar-refractivity contribution in [3.8, 4) is 11.1 Å². The lowest BCUT2D eigenvalue weighted by molar-refractivity contribution is 0.0601. The molecule has 0 heterocycles. The first kappa shape index (κ1) is 21.3. The predicted molar refractivity (Wildman–Crippen MR) is 110 cm³/mol. The maximum absolute atomic E-state index is 15.0. The van der Waals surface area contributed by atoms with Crippen LogP contribution in [0.2, 0.25) is 0 Å². The lowest BCUT2D eigenvalue weighted by Crippen LogP contribution is -2.28. The van der Waals surface area contributed by atoms with E-state index in [1.54, 1.807) is 45.0 Å². The minimum absolute atomic E-state index is 0.0884. The number of hydrogen-bond acceptors (Lipinski definition) is 5. The normalized spacial score (nSPS) is 12.5. The Labute approximate surface area is 165 Å². The van der Waals surface area contributed by atoms with Crippen molar-refractivity contribution < 1.29 is 18.1 Å². The van der Waals surface area contributed by atoms with Gasteiger partial charge in [-0.15, -0.1) is 11.8 Å². The van der Waals surface area contributed by atoms with Gasteiger partial charge in [-0.1, -0.05) is 18.2 Å². The number of benzene rings is 2. The molecule has 0 spiro atoms. The third-order valence-corrected chi connectivity index (χ3v) is 6.38. The van der Waals surface area contributed by atoms with E-state index >= 15 is 0 Å². The fraction of sp³-hybridized carbons (Fsp3) is 0.300. The standard InChI is InChI=1S/C20H22FNO3S2/c1-20(2,3)27(24)18(22)12-8-6-10-14(21)16(12)17-13(19(23)25-4)9-7-11-15(17)26-5/h6-11,22H,1-5H3. The molecule has 0 aliphatic heterocycles. The fourth-order valence-corrected chi connectivity index (χ4v) is 4.23. The number of halogens is 1. The number of carbonyl (C=O) groups excluding carboxylic acids is 1. The molecule has 0 fully saturated rings. The summed E-state index contributed by atoms with van der Waals surface area (Å²) >= 11 is 1.35. The minimum atomic E-state index is -1.66. The molecule has 7 heteroatoms. The molecular weight excluding hydrogens is 385 g/mol. The van der Waals surface area contributed by atoms with Crippen molar-refractivity contribution >= 4 is 33.6 Å². The first-order valence-corrected chi connectivity index (χ1v) is 10.6. The Bertz CT molecular complexity index is 920. The van der Waals surface area contributed by atoms with Gasteiger partial charge in [0.05, 0.1) is 23.5 Å². The third-order valence-electron chi connectivity index (χ3n) is 3.90. The number of carbonyl (C=O) groups is 1. The lowest BCUT2D eigenvalue weighted by Gasteiger charge is -2.21. The molecule has 0 amide bonds. The summed E-state index contributed by atoms with van der Waals surface area (Å²) in [5.74, 6) is -1.19. The highest BCUT2D eigenvalue weighted by Gasteiger charge is 2.29. The number of esters is 1. The number of methoxy groups -OCH3 is 1. The zero-order chi connectivity index (χ0) is 20.4. The molecule has 4 nitrogen and oxygen atoms in total. The molecule has 0 aromatic heterocycles. The van der Waals surface area contributed by atoms with Crippen LogP contribution in [0, 0.1) is 11.2 Å². The van der Waals surface area contributed by atoms with Gasteiger partial charge in [0.25, 0.3) is 0 Å². The van der Waals surface area contributed by atoms with E-state index in [-0.39, 0.29) is 21.7 Å². The van der Waals surface area contributed by atoms with Crippen molar-refractivity contribution in [2.24, 2.45) is 0 Å². The summed E-state index contributed by atoms with van der Waals surface area (Å²) in [6, 6.07) is 9.32. The van der Waals surface area contributed by atoms with Crippen molar-refractivity contribution in [2.45, 2.75) is 30.4 Å². The van der Waals surface area contributed by atoms with Gasteiger partial charge >= 0.3 is 5.97 Å². The average molecular weight is 408 g/mol. The Morgan fingerprint density at radius 3 is 2.26 bits per heavy atom.